The fourth-order valence-electron chi connectivity index (χ4n) is 2.79. The van der Waals surface area contributed by atoms with Crippen LogP contribution in [-0.4, -0.2) is 62.4 Å². The molecule has 1 saturated heterocycles. The lowest BCUT2D eigenvalue weighted by Crippen LogP contribution is -2.41. The number of carbonyl (C=O) groups is 1. The quantitative estimate of drug-likeness (QED) is 0.580. The van der Waals surface area contributed by atoms with Crippen molar-refractivity contribution in [2.24, 2.45) is 5.10 Å². The molecule has 1 aliphatic rings. The van der Waals surface area contributed by atoms with Gasteiger partial charge in [-0.3, -0.25) is 5.01 Å². The minimum atomic E-state index is -0.340. The summed E-state index contributed by atoms with van der Waals surface area (Å²) in [6.07, 6.45) is 1.86. The summed E-state index contributed by atoms with van der Waals surface area (Å²) in [7, 11) is 3.50. The topological polar surface area (TPSA) is 54.4 Å². The molecule has 1 heterocycles. The van der Waals surface area contributed by atoms with E-state index in [0.717, 1.165) is 43.1 Å². The molecule has 0 radical (unpaired) electrons. The van der Waals surface area contributed by atoms with Crippen LogP contribution in [0.4, 0.5) is 0 Å². The van der Waals surface area contributed by atoms with Gasteiger partial charge in [0.1, 0.15) is 12.4 Å². The third-order valence-electron chi connectivity index (χ3n) is 4.53. The van der Waals surface area contributed by atoms with Gasteiger partial charge in [-0.1, -0.05) is 24.3 Å². The van der Waals surface area contributed by atoms with Crippen molar-refractivity contribution < 1.29 is 14.3 Å². The van der Waals surface area contributed by atoms with E-state index in [-0.39, 0.29) is 5.97 Å². The van der Waals surface area contributed by atoms with Gasteiger partial charge in [-0.2, -0.15) is 5.10 Å². The smallest absolute Gasteiger partial charge is 0.337 e. The largest absolute Gasteiger partial charge is 0.488 e. The standard InChI is InChI=1S/C21H25N3O3/c1-23-11-13-24(14-12-23)22-15-19-5-3-4-6-20(19)27-16-17-7-9-18(10-8-17)21(25)26-2/h3-10,15H,11-14,16H2,1-2H3/b22-15-. The second-order valence-electron chi connectivity index (χ2n) is 6.52. The van der Waals surface area contributed by atoms with Crippen molar-refractivity contribution >= 4 is 12.2 Å². The van der Waals surface area contributed by atoms with E-state index in [1.165, 1.54) is 7.11 Å². The molecule has 0 aliphatic carbocycles. The van der Waals surface area contributed by atoms with E-state index in [1.807, 2.05) is 42.6 Å². The minimum Gasteiger partial charge on any atom is -0.488 e. The van der Waals surface area contributed by atoms with Gasteiger partial charge in [-0.15, -0.1) is 0 Å². The second kappa shape index (κ2) is 9.19. The van der Waals surface area contributed by atoms with E-state index in [9.17, 15) is 4.79 Å². The number of methoxy groups -OCH3 is 1. The van der Waals surface area contributed by atoms with E-state index < -0.39 is 0 Å². The maximum atomic E-state index is 11.5. The zero-order chi connectivity index (χ0) is 19.1. The maximum Gasteiger partial charge on any atom is 0.337 e. The highest BCUT2D eigenvalue weighted by Crippen LogP contribution is 2.18. The zero-order valence-electron chi connectivity index (χ0n) is 15.8. The Morgan fingerprint density at radius 3 is 2.48 bits per heavy atom. The van der Waals surface area contributed by atoms with Crippen LogP contribution in [0.25, 0.3) is 0 Å². The number of hydrogen-bond acceptors (Lipinski definition) is 6. The maximum absolute atomic E-state index is 11.5. The Balaban J connectivity index is 1.61. The number of ether oxygens (including phenoxy) is 2. The summed E-state index contributed by atoms with van der Waals surface area (Å²) in [6, 6.07) is 15.1. The van der Waals surface area contributed by atoms with Crippen molar-refractivity contribution in [3.05, 3.63) is 65.2 Å². The van der Waals surface area contributed by atoms with Crippen molar-refractivity contribution in [1.29, 1.82) is 0 Å². The van der Waals surface area contributed by atoms with Gasteiger partial charge in [0.2, 0.25) is 0 Å². The summed E-state index contributed by atoms with van der Waals surface area (Å²) in [5.41, 5.74) is 2.46. The van der Waals surface area contributed by atoms with E-state index >= 15 is 0 Å². The summed E-state index contributed by atoms with van der Waals surface area (Å²) in [5.74, 6) is 0.445. The number of hydrazone groups is 1. The Hall–Kier alpha value is -2.86. The van der Waals surface area contributed by atoms with Crippen LogP contribution in [0.3, 0.4) is 0 Å². The summed E-state index contributed by atoms with van der Waals surface area (Å²) >= 11 is 0. The predicted octanol–water partition coefficient (Wildman–Crippen LogP) is 2.63. The Morgan fingerprint density at radius 2 is 1.78 bits per heavy atom. The van der Waals surface area contributed by atoms with Gasteiger partial charge in [0.15, 0.2) is 0 Å². The van der Waals surface area contributed by atoms with Gasteiger partial charge >= 0.3 is 5.97 Å². The molecule has 6 nitrogen and oxygen atoms in total. The van der Waals surface area contributed by atoms with Gasteiger partial charge < -0.3 is 14.4 Å². The molecule has 2 aromatic carbocycles. The van der Waals surface area contributed by atoms with Gasteiger partial charge in [-0.25, -0.2) is 4.79 Å². The highest BCUT2D eigenvalue weighted by molar-refractivity contribution is 5.89. The number of piperazine rings is 1. The van der Waals surface area contributed by atoms with E-state index in [2.05, 4.69) is 22.1 Å². The molecule has 27 heavy (non-hydrogen) atoms. The van der Waals surface area contributed by atoms with Crippen LogP contribution in [0, 0.1) is 0 Å². The van der Waals surface area contributed by atoms with Crippen molar-refractivity contribution in [3.8, 4) is 5.75 Å². The van der Waals surface area contributed by atoms with E-state index in [1.54, 1.807) is 12.1 Å². The first-order valence-corrected chi connectivity index (χ1v) is 9.02. The summed E-state index contributed by atoms with van der Waals surface area (Å²) in [5, 5.41) is 6.68. The number of hydrogen-bond donors (Lipinski definition) is 0. The van der Waals surface area contributed by atoms with Crippen LogP contribution in [0.1, 0.15) is 21.5 Å². The summed E-state index contributed by atoms with van der Waals surface area (Å²) in [4.78, 5) is 13.8. The lowest BCUT2D eigenvalue weighted by Gasteiger charge is -2.30. The number of nitrogens with zero attached hydrogens (tertiary/aromatic N) is 3. The number of para-hydroxylation sites is 1. The first-order valence-electron chi connectivity index (χ1n) is 9.02. The average Bonchev–Trinajstić information content (AvgIpc) is 2.72. The Kier molecular flexibility index (Phi) is 6.44. The third kappa shape index (κ3) is 5.31. The molecular formula is C21H25N3O3. The molecule has 0 aromatic heterocycles. The van der Waals surface area contributed by atoms with Crippen molar-refractivity contribution in [1.82, 2.24) is 9.91 Å². The Bertz CT molecular complexity index is 782. The number of carbonyl (C=O) groups excluding carboxylic acids is 1. The van der Waals surface area contributed by atoms with Crippen molar-refractivity contribution in [2.45, 2.75) is 6.61 Å². The lowest BCUT2D eigenvalue weighted by atomic mass is 10.1. The third-order valence-corrected chi connectivity index (χ3v) is 4.53. The molecular weight excluding hydrogens is 342 g/mol. The monoisotopic (exact) mass is 367 g/mol. The second-order valence-corrected chi connectivity index (χ2v) is 6.52. The molecule has 0 spiro atoms. The molecule has 0 unspecified atom stereocenters. The fraction of sp³-hybridized carbons (Fsp3) is 0.333. The molecule has 6 heteroatoms. The highest BCUT2D eigenvalue weighted by Gasteiger charge is 2.11. The SMILES string of the molecule is COC(=O)c1ccc(COc2ccccc2/C=N\N2CCN(C)CC2)cc1. The van der Waals surface area contributed by atoms with Crippen LogP contribution in [0.15, 0.2) is 53.6 Å². The molecule has 1 aliphatic heterocycles. The number of benzene rings is 2. The molecule has 2 aromatic rings. The van der Waals surface area contributed by atoms with Gasteiger partial charge in [-0.05, 0) is 36.9 Å². The molecule has 142 valence electrons. The highest BCUT2D eigenvalue weighted by atomic mass is 16.5. The summed E-state index contributed by atoms with van der Waals surface area (Å²) in [6.45, 7) is 4.33. The lowest BCUT2D eigenvalue weighted by molar-refractivity contribution is 0.0600. The Labute approximate surface area is 160 Å². The molecule has 1 fully saturated rings. The van der Waals surface area contributed by atoms with Crippen LogP contribution in [0.5, 0.6) is 5.75 Å². The average molecular weight is 367 g/mol. The van der Waals surface area contributed by atoms with Crippen LogP contribution >= 0.6 is 0 Å². The van der Waals surface area contributed by atoms with Crippen molar-refractivity contribution in [2.75, 3.05) is 40.3 Å². The normalized spacial score (nSPS) is 15.1. The first-order chi connectivity index (χ1) is 13.2. The van der Waals surface area contributed by atoms with Gasteiger partial charge in [0, 0.05) is 31.7 Å². The molecule has 3 rings (SSSR count). The van der Waals surface area contributed by atoms with E-state index in [0.29, 0.717) is 12.2 Å². The predicted molar refractivity (Wildman–Crippen MR) is 105 cm³/mol. The van der Waals surface area contributed by atoms with Crippen LogP contribution < -0.4 is 4.74 Å². The zero-order valence-corrected chi connectivity index (χ0v) is 15.8. The molecule has 0 bridgehead atoms. The van der Waals surface area contributed by atoms with Crippen LogP contribution in [-0.2, 0) is 11.3 Å². The van der Waals surface area contributed by atoms with Gasteiger partial charge in [0.05, 0.1) is 18.9 Å². The van der Waals surface area contributed by atoms with Crippen LogP contribution in [0.2, 0.25) is 0 Å². The molecule has 0 saturated carbocycles. The number of esters is 1. The van der Waals surface area contributed by atoms with Crippen molar-refractivity contribution in [3.63, 3.8) is 0 Å². The summed E-state index contributed by atoms with van der Waals surface area (Å²) < 4.78 is 10.7. The Morgan fingerprint density at radius 1 is 1.07 bits per heavy atom. The molecule has 0 N–H and O–H groups in total. The number of likely N-dealkylation sites (N-methyl/N-ethyl adjacent to an activating group) is 1. The van der Waals surface area contributed by atoms with Gasteiger partial charge in [0.25, 0.3) is 0 Å². The molecule has 0 amide bonds. The number of rotatable bonds is 6. The first kappa shape index (κ1) is 18.9. The van der Waals surface area contributed by atoms with E-state index in [4.69, 9.17) is 9.47 Å². The minimum absolute atomic E-state index is 0.340. The molecule has 0 atom stereocenters. The fourth-order valence-corrected chi connectivity index (χ4v) is 2.79.